The second-order valence-electron chi connectivity index (χ2n) is 4.03. The van der Waals surface area contributed by atoms with E-state index in [1.54, 1.807) is 0 Å². The summed E-state index contributed by atoms with van der Waals surface area (Å²) in [4.78, 5) is 1.53. The summed E-state index contributed by atoms with van der Waals surface area (Å²) in [6.45, 7) is 13.4. The second-order valence-corrected chi connectivity index (χ2v) is 7.73. The molecule has 0 nitrogen and oxygen atoms in total. The van der Waals surface area contributed by atoms with Crippen LogP contribution in [0.1, 0.15) is 41.5 Å². The summed E-state index contributed by atoms with van der Waals surface area (Å²) in [5, 5.41) is 0. The van der Waals surface area contributed by atoms with E-state index in [4.69, 9.17) is 0 Å². The van der Waals surface area contributed by atoms with Crippen molar-refractivity contribution in [1.82, 2.24) is 0 Å². The average Bonchev–Trinajstić information content (AvgIpc) is 1.80. The van der Waals surface area contributed by atoms with Gasteiger partial charge >= 0.3 is 89.4 Å². The van der Waals surface area contributed by atoms with E-state index < -0.39 is 0 Å². The quantitative estimate of drug-likeness (QED) is 0.513. The molecule has 1 heteroatoms. The fourth-order valence-electron chi connectivity index (χ4n) is 1.36. The normalized spacial score (nSPS) is 14.6. The minimum atomic E-state index is 0.703. The predicted octanol–water partition coefficient (Wildman–Crippen LogP) is 4.24. The van der Waals surface area contributed by atoms with Gasteiger partial charge in [-0.25, -0.2) is 0 Å². The molecule has 0 aliphatic heterocycles. The summed E-state index contributed by atoms with van der Waals surface area (Å²) < 4.78 is 0. The molecule has 0 aromatic heterocycles. The number of rotatable bonds is 4. The molecule has 0 aliphatic rings. The summed E-state index contributed by atoms with van der Waals surface area (Å²) in [7, 11) is 0. The summed E-state index contributed by atoms with van der Waals surface area (Å²) >= 11 is 0.703. The molecular formula is C12H22Se. The van der Waals surface area contributed by atoms with Gasteiger partial charge < -0.3 is 0 Å². The van der Waals surface area contributed by atoms with Crippen molar-refractivity contribution in [2.75, 3.05) is 0 Å². The number of allylic oxidation sites excluding steroid dienone is 4. The van der Waals surface area contributed by atoms with Gasteiger partial charge in [-0.15, -0.1) is 0 Å². The third kappa shape index (κ3) is 8.33. The molecule has 0 saturated carbocycles. The molecule has 0 aromatic rings. The van der Waals surface area contributed by atoms with Gasteiger partial charge in [-0.05, 0) is 0 Å². The maximum absolute atomic E-state index is 2.38. The van der Waals surface area contributed by atoms with Gasteiger partial charge in [0.05, 0.1) is 0 Å². The Morgan fingerprint density at radius 3 is 1.38 bits per heavy atom. The fourth-order valence-corrected chi connectivity index (χ4v) is 4.25. The van der Waals surface area contributed by atoms with Crippen LogP contribution < -0.4 is 0 Å². The zero-order chi connectivity index (χ0) is 10.4. The molecule has 0 aromatic carbocycles. The molecule has 76 valence electrons. The van der Waals surface area contributed by atoms with Crippen molar-refractivity contribution in [1.29, 1.82) is 0 Å². The molecular weight excluding hydrogens is 223 g/mol. The Balaban J connectivity index is 3.99. The van der Waals surface area contributed by atoms with Gasteiger partial charge in [0, 0.05) is 0 Å². The standard InChI is InChI=1S/C12H22Se/c1-9(2)7-11(5)13-12(6)8-10(3)4/h7-8,11-12H,1-6H3. The summed E-state index contributed by atoms with van der Waals surface area (Å²) in [6.07, 6.45) is 4.77. The first-order chi connectivity index (χ1) is 5.91. The van der Waals surface area contributed by atoms with Gasteiger partial charge in [-0.3, -0.25) is 0 Å². The molecule has 0 spiro atoms. The Labute approximate surface area is 89.7 Å². The molecule has 13 heavy (non-hydrogen) atoms. The zero-order valence-electron chi connectivity index (χ0n) is 9.72. The van der Waals surface area contributed by atoms with Crippen molar-refractivity contribution in [2.45, 2.75) is 51.2 Å². The van der Waals surface area contributed by atoms with Crippen molar-refractivity contribution in [3.8, 4) is 0 Å². The number of hydrogen-bond donors (Lipinski definition) is 0. The van der Waals surface area contributed by atoms with Gasteiger partial charge in [0.2, 0.25) is 0 Å². The van der Waals surface area contributed by atoms with E-state index in [9.17, 15) is 0 Å². The molecule has 0 amide bonds. The molecule has 2 unspecified atom stereocenters. The van der Waals surface area contributed by atoms with Crippen LogP contribution in [0.2, 0.25) is 9.63 Å². The van der Waals surface area contributed by atoms with Crippen molar-refractivity contribution in [3.63, 3.8) is 0 Å². The monoisotopic (exact) mass is 246 g/mol. The average molecular weight is 245 g/mol. The van der Waals surface area contributed by atoms with Crippen LogP contribution in [0.3, 0.4) is 0 Å². The van der Waals surface area contributed by atoms with E-state index in [2.05, 4.69) is 53.7 Å². The molecule has 2 atom stereocenters. The molecule has 0 rings (SSSR count). The summed E-state index contributed by atoms with van der Waals surface area (Å²) in [5.74, 6) is 0. The van der Waals surface area contributed by atoms with Crippen molar-refractivity contribution < 1.29 is 0 Å². The SMILES string of the molecule is CC(C)=CC(C)[Se]C(C)C=C(C)C. The van der Waals surface area contributed by atoms with Crippen molar-refractivity contribution in [3.05, 3.63) is 23.3 Å². The van der Waals surface area contributed by atoms with Crippen LogP contribution in [-0.4, -0.2) is 15.0 Å². The fraction of sp³-hybridized carbons (Fsp3) is 0.667. The van der Waals surface area contributed by atoms with Gasteiger partial charge in [-0.2, -0.15) is 0 Å². The van der Waals surface area contributed by atoms with Gasteiger partial charge in [-0.1, -0.05) is 0 Å². The van der Waals surface area contributed by atoms with Gasteiger partial charge in [0.1, 0.15) is 0 Å². The van der Waals surface area contributed by atoms with Crippen LogP contribution in [0.4, 0.5) is 0 Å². The van der Waals surface area contributed by atoms with E-state index in [0.29, 0.717) is 15.0 Å². The van der Waals surface area contributed by atoms with E-state index in [0.717, 1.165) is 9.63 Å². The molecule has 0 aliphatic carbocycles. The molecule has 0 heterocycles. The Morgan fingerprint density at radius 2 is 1.15 bits per heavy atom. The van der Waals surface area contributed by atoms with Gasteiger partial charge in [0.25, 0.3) is 0 Å². The summed E-state index contributed by atoms with van der Waals surface area (Å²) in [6, 6.07) is 0. The minimum absolute atomic E-state index is 0.703. The van der Waals surface area contributed by atoms with Crippen LogP contribution in [0.15, 0.2) is 23.3 Å². The van der Waals surface area contributed by atoms with Crippen LogP contribution in [0.5, 0.6) is 0 Å². The summed E-state index contributed by atoms with van der Waals surface area (Å²) in [5.41, 5.74) is 2.89. The maximum atomic E-state index is 2.38. The van der Waals surface area contributed by atoms with Gasteiger partial charge in [0.15, 0.2) is 0 Å². The first-order valence-corrected chi connectivity index (χ1v) is 6.85. The van der Waals surface area contributed by atoms with E-state index in [1.165, 1.54) is 11.1 Å². The Bertz CT molecular complexity index is 171. The molecule has 0 N–H and O–H groups in total. The Hall–Kier alpha value is -0.000519. The first kappa shape index (κ1) is 13.0. The van der Waals surface area contributed by atoms with E-state index >= 15 is 0 Å². The van der Waals surface area contributed by atoms with Crippen LogP contribution in [0, 0.1) is 0 Å². The van der Waals surface area contributed by atoms with Crippen LogP contribution in [-0.2, 0) is 0 Å². The predicted molar refractivity (Wildman–Crippen MR) is 63.5 cm³/mol. The van der Waals surface area contributed by atoms with E-state index in [-0.39, 0.29) is 0 Å². The molecule has 0 bridgehead atoms. The van der Waals surface area contributed by atoms with Crippen molar-refractivity contribution >= 4 is 15.0 Å². The second kappa shape index (κ2) is 6.45. The third-order valence-corrected chi connectivity index (χ3v) is 3.94. The van der Waals surface area contributed by atoms with E-state index in [1.807, 2.05) is 0 Å². The number of hydrogen-bond acceptors (Lipinski definition) is 0. The zero-order valence-corrected chi connectivity index (χ0v) is 11.4. The topological polar surface area (TPSA) is 0 Å². The molecule has 0 saturated heterocycles. The van der Waals surface area contributed by atoms with Crippen LogP contribution >= 0.6 is 0 Å². The molecule has 0 radical (unpaired) electrons. The first-order valence-electron chi connectivity index (χ1n) is 4.87. The third-order valence-electron chi connectivity index (χ3n) is 1.57. The van der Waals surface area contributed by atoms with Crippen molar-refractivity contribution in [2.24, 2.45) is 0 Å². The Kier molecular flexibility index (Phi) is 6.45. The molecule has 0 fully saturated rings. The Morgan fingerprint density at radius 1 is 0.846 bits per heavy atom. The van der Waals surface area contributed by atoms with Crippen LogP contribution in [0.25, 0.3) is 0 Å².